The topological polar surface area (TPSA) is 103 Å². The van der Waals surface area contributed by atoms with Gasteiger partial charge >= 0.3 is 0 Å². The molecule has 119 heavy (non-hydrogen) atoms. The summed E-state index contributed by atoms with van der Waals surface area (Å²) in [6.07, 6.45) is 87.3. The summed E-state index contributed by atoms with van der Waals surface area (Å²) in [5.41, 5.74) is 4.96. The number of carbonyl (C=O) groups is 1. The second-order valence-corrected chi connectivity index (χ2v) is 34.9. The molecule has 0 radical (unpaired) electrons. The van der Waals surface area contributed by atoms with Crippen molar-refractivity contribution in [3.8, 4) is 46.0 Å². The Kier molecular flexibility index (Phi) is 68.4. The van der Waals surface area contributed by atoms with Crippen LogP contribution in [0, 0.1) is 0 Å². The number of rotatable bonds is 86. The minimum absolute atomic E-state index is 0.217. The van der Waals surface area contributed by atoms with Crippen LogP contribution in [0.3, 0.4) is 0 Å². The minimum Gasteiger partial charge on any atom is -0.490 e. The van der Waals surface area contributed by atoms with Crippen molar-refractivity contribution < 1.29 is 42.7 Å². The van der Waals surface area contributed by atoms with E-state index in [0.717, 1.165) is 159 Å². The van der Waals surface area contributed by atoms with Crippen LogP contribution in [0.5, 0.6) is 46.0 Å². The lowest BCUT2D eigenvalue weighted by atomic mass is 10.0. The fraction of sp³-hybridized carbons (Fsp3) is 0.734. The van der Waals surface area contributed by atoms with Crippen molar-refractivity contribution in [1.82, 2.24) is 0 Å². The van der Waals surface area contributed by atoms with Crippen molar-refractivity contribution in [2.75, 3.05) is 58.2 Å². The molecule has 10 nitrogen and oxygen atoms in total. The number of amides is 1. The van der Waals surface area contributed by atoms with E-state index >= 15 is 4.79 Å². The van der Waals surface area contributed by atoms with Gasteiger partial charge in [0.1, 0.15) is 0 Å². The quantitative estimate of drug-likeness (QED) is 0.0342. The predicted octanol–water partition coefficient (Wildman–Crippen LogP) is 35.4. The summed E-state index contributed by atoms with van der Waals surface area (Å²) >= 11 is 0. The summed E-state index contributed by atoms with van der Waals surface area (Å²) in [5, 5.41) is 3.39. The summed E-state index contributed by atoms with van der Waals surface area (Å²) in [6, 6.07) is 20.7. The molecule has 0 saturated heterocycles. The monoisotopic (exact) mass is 1650 g/mol. The summed E-state index contributed by atoms with van der Waals surface area (Å²) < 4.78 is 54.4. The molecule has 0 spiro atoms. The van der Waals surface area contributed by atoms with Gasteiger partial charge in [-0.1, -0.05) is 439 Å². The smallest absolute Gasteiger partial charge is 0.255 e. The van der Waals surface area contributed by atoms with Crippen LogP contribution in [0.15, 0.2) is 60.7 Å². The zero-order valence-corrected chi connectivity index (χ0v) is 78.7. The number of ether oxygens (including phenoxy) is 8. The first-order valence-corrected chi connectivity index (χ1v) is 51.2. The molecule has 4 rings (SSSR count). The SMILES string of the molecule is CCCCCCCCCCOc1ccc(C(=O)Nc2cc(/C=C/c3cc(OCCCCCCCCCC)c(OCCCCCCCCCC)c(OCCCCCCCCCC)c3)cc(/C=C/c3cc(OCCCCCCCCCC)c(OCCCCCCCCCC)c(OCCCCCCCCCC)c3)c2)cc1OCCCCCCCCCC. The van der Waals surface area contributed by atoms with Crippen molar-refractivity contribution in [1.29, 1.82) is 0 Å². The van der Waals surface area contributed by atoms with Crippen LogP contribution >= 0.6 is 0 Å². The molecular weight excluding hydrogens is 1470 g/mol. The summed E-state index contributed by atoms with van der Waals surface area (Å²) in [5.74, 6) is 5.50. The molecule has 0 aliphatic carbocycles. The van der Waals surface area contributed by atoms with Gasteiger partial charge in [-0.15, -0.1) is 0 Å². The molecule has 1 amide bonds. The average molecular weight is 1650 g/mol. The van der Waals surface area contributed by atoms with E-state index in [1.165, 1.54) is 308 Å². The summed E-state index contributed by atoms with van der Waals surface area (Å²) in [7, 11) is 0. The molecule has 0 aromatic heterocycles. The maximum Gasteiger partial charge on any atom is 0.255 e. The first-order valence-electron chi connectivity index (χ1n) is 51.2. The first-order chi connectivity index (χ1) is 58.8. The number of nitrogens with one attached hydrogen (secondary N) is 1. The highest BCUT2D eigenvalue weighted by Crippen LogP contribution is 2.43. The van der Waals surface area contributed by atoms with E-state index in [9.17, 15) is 0 Å². The molecule has 0 atom stereocenters. The summed E-state index contributed by atoms with van der Waals surface area (Å²) in [6.45, 7) is 23.2. The number of unbranched alkanes of at least 4 members (excludes halogenated alkanes) is 56. The maximum atomic E-state index is 15.0. The highest BCUT2D eigenvalue weighted by molar-refractivity contribution is 6.05. The number of carbonyl (C=O) groups excluding carboxylic acids is 1. The highest BCUT2D eigenvalue weighted by atomic mass is 16.6. The third-order valence-electron chi connectivity index (χ3n) is 23.5. The molecule has 1 N–H and O–H groups in total. The Balaban J connectivity index is 1.88. The van der Waals surface area contributed by atoms with Crippen molar-refractivity contribution in [2.24, 2.45) is 0 Å². The molecule has 0 saturated carbocycles. The van der Waals surface area contributed by atoms with Gasteiger partial charge in [-0.2, -0.15) is 0 Å². The molecule has 0 aliphatic heterocycles. The van der Waals surface area contributed by atoms with Gasteiger partial charge in [0.15, 0.2) is 34.5 Å². The Morgan fingerprint density at radius 3 is 0.639 bits per heavy atom. The number of hydrogen-bond donors (Lipinski definition) is 1. The van der Waals surface area contributed by atoms with Crippen LogP contribution in [0.1, 0.15) is 499 Å². The van der Waals surface area contributed by atoms with Gasteiger partial charge in [0, 0.05) is 11.3 Å². The third-order valence-corrected chi connectivity index (χ3v) is 23.5. The van der Waals surface area contributed by atoms with Gasteiger partial charge in [0.25, 0.3) is 5.91 Å². The fourth-order valence-electron chi connectivity index (χ4n) is 15.8. The normalized spacial score (nSPS) is 11.6. The van der Waals surface area contributed by atoms with E-state index in [1.54, 1.807) is 0 Å². The van der Waals surface area contributed by atoms with Crippen LogP contribution in [0.4, 0.5) is 5.69 Å². The van der Waals surface area contributed by atoms with Crippen LogP contribution in [0.2, 0.25) is 0 Å². The Morgan fingerprint density at radius 2 is 0.403 bits per heavy atom. The molecule has 678 valence electrons. The number of benzene rings is 4. The molecular formula is C109H183NO9. The Bertz CT molecular complexity index is 2830. The van der Waals surface area contributed by atoms with Crippen LogP contribution < -0.4 is 43.2 Å². The average Bonchev–Trinajstić information content (AvgIpc) is 0.828. The van der Waals surface area contributed by atoms with Gasteiger partial charge in [0.05, 0.1) is 52.9 Å². The fourth-order valence-corrected chi connectivity index (χ4v) is 15.8. The Hall–Kier alpha value is -5.77. The molecule has 0 aliphatic rings. The van der Waals surface area contributed by atoms with Gasteiger partial charge in [-0.05, 0) is 134 Å². The third kappa shape index (κ3) is 55.2. The highest BCUT2D eigenvalue weighted by Gasteiger charge is 2.20. The zero-order chi connectivity index (χ0) is 84.8. The van der Waals surface area contributed by atoms with E-state index in [2.05, 4.69) is 127 Å². The number of anilines is 1. The van der Waals surface area contributed by atoms with E-state index in [1.807, 2.05) is 18.2 Å². The van der Waals surface area contributed by atoms with E-state index < -0.39 is 0 Å². The van der Waals surface area contributed by atoms with Gasteiger partial charge in [-0.3, -0.25) is 4.79 Å². The largest absolute Gasteiger partial charge is 0.490 e. The lowest BCUT2D eigenvalue weighted by molar-refractivity contribution is 0.102. The molecule has 4 aromatic carbocycles. The molecule has 0 fully saturated rings. The zero-order valence-electron chi connectivity index (χ0n) is 78.7. The predicted molar refractivity (Wildman–Crippen MR) is 516 cm³/mol. The second-order valence-electron chi connectivity index (χ2n) is 34.9. The molecule has 10 heteroatoms. The van der Waals surface area contributed by atoms with Gasteiger partial charge < -0.3 is 43.2 Å². The van der Waals surface area contributed by atoms with Crippen LogP contribution in [-0.2, 0) is 0 Å². The second kappa shape index (κ2) is 77.1. The first kappa shape index (κ1) is 106. The standard InChI is InChI=1S/C109H183NO9/c1-9-17-25-33-41-49-57-65-79-112-101-78-77-99(94-102(101)113-80-66-58-50-42-34-26-18-10-2)109(111)110-100-88-95(73-75-97-90-103(114-81-67-59-51-43-35-27-19-11-3)107(118-85-71-63-55-47-39-31-23-15-7)104(91-97)115-82-68-60-52-44-36-28-20-12-4)87-96(89-100)74-76-98-92-105(116-83-69-61-53-45-37-29-21-13-5)108(119-86-72-64-56-48-40-32-24-16-8)106(93-98)117-84-70-62-54-46-38-30-22-14-6/h73-78,87-94H,9-72,79-86H2,1-8H3,(H,110,111)/b75-73+,76-74+. The molecule has 0 bridgehead atoms. The van der Waals surface area contributed by atoms with E-state index in [0.29, 0.717) is 75.6 Å². The van der Waals surface area contributed by atoms with Crippen LogP contribution in [0.25, 0.3) is 24.3 Å². The lowest BCUT2D eigenvalue weighted by Gasteiger charge is -2.18. The summed E-state index contributed by atoms with van der Waals surface area (Å²) in [4.78, 5) is 15.0. The maximum absolute atomic E-state index is 15.0. The lowest BCUT2D eigenvalue weighted by Crippen LogP contribution is -2.13. The van der Waals surface area contributed by atoms with Crippen molar-refractivity contribution in [3.63, 3.8) is 0 Å². The Morgan fingerprint density at radius 1 is 0.210 bits per heavy atom. The molecule has 0 heterocycles. The van der Waals surface area contributed by atoms with Crippen molar-refractivity contribution in [2.45, 2.75) is 466 Å². The van der Waals surface area contributed by atoms with Gasteiger partial charge in [0.2, 0.25) is 11.5 Å². The van der Waals surface area contributed by atoms with Crippen LogP contribution in [-0.4, -0.2) is 58.8 Å². The van der Waals surface area contributed by atoms with E-state index in [4.69, 9.17) is 37.9 Å². The Labute approximate surface area is 733 Å². The number of hydrogen-bond acceptors (Lipinski definition) is 9. The van der Waals surface area contributed by atoms with E-state index in [-0.39, 0.29) is 5.91 Å². The van der Waals surface area contributed by atoms with Crippen molar-refractivity contribution >= 4 is 35.9 Å². The molecule has 4 aromatic rings. The molecule has 0 unspecified atom stereocenters. The minimum atomic E-state index is -0.217. The van der Waals surface area contributed by atoms with Gasteiger partial charge in [-0.25, -0.2) is 0 Å². The van der Waals surface area contributed by atoms with Crippen molar-refractivity contribution in [3.05, 3.63) is 88.5 Å².